The van der Waals surface area contributed by atoms with E-state index in [2.05, 4.69) is 18.9 Å². The van der Waals surface area contributed by atoms with Gasteiger partial charge in [-0.3, -0.25) is 4.68 Å². The van der Waals surface area contributed by atoms with E-state index in [9.17, 15) is 5.11 Å². The fourth-order valence-corrected chi connectivity index (χ4v) is 2.81. The number of rotatable bonds is 6. The van der Waals surface area contributed by atoms with E-state index in [0.29, 0.717) is 17.5 Å². The minimum atomic E-state index is -0.974. The second-order valence-corrected chi connectivity index (χ2v) is 6.15. The van der Waals surface area contributed by atoms with Crippen molar-refractivity contribution < 1.29 is 5.11 Å². The maximum absolute atomic E-state index is 10.7. The highest BCUT2D eigenvalue weighted by molar-refractivity contribution is 6.30. The van der Waals surface area contributed by atoms with E-state index < -0.39 is 5.60 Å². The second-order valence-electron chi connectivity index (χ2n) is 5.72. The summed E-state index contributed by atoms with van der Waals surface area (Å²) in [6.07, 6.45) is 4.59. The molecule has 21 heavy (non-hydrogen) atoms. The van der Waals surface area contributed by atoms with E-state index in [1.807, 2.05) is 35.1 Å². The van der Waals surface area contributed by atoms with Gasteiger partial charge in [-0.25, -0.2) is 0 Å². The van der Waals surface area contributed by atoms with Gasteiger partial charge in [0.05, 0.1) is 17.3 Å². The highest BCUT2D eigenvalue weighted by atomic mass is 35.5. The van der Waals surface area contributed by atoms with Crippen molar-refractivity contribution in [2.45, 2.75) is 51.7 Å². The molecule has 0 saturated heterocycles. The number of hydrogen-bond donors (Lipinski definition) is 1. The van der Waals surface area contributed by atoms with Crippen LogP contribution >= 0.6 is 11.6 Å². The summed E-state index contributed by atoms with van der Waals surface area (Å²) >= 11 is 6.01. The Morgan fingerprint density at radius 1 is 1.29 bits per heavy atom. The van der Waals surface area contributed by atoms with Gasteiger partial charge in [-0.1, -0.05) is 37.6 Å². The molecule has 3 nitrogen and oxygen atoms in total. The lowest BCUT2D eigenvalue weighted by Gasteiger charge is -2.23. The molecule has 2 rings (SSSR count). The molecular weight excluding hydrogens is 284 g/mol. The molecule has 0 fully saturated rings. The molecule has 2 aromatic rings. The van der Waals surface area contributed by atoms with Crippen LogP contribution in [0.15, 0.2) is 36.5 Å². The van der Waals surface area contributed by atoms with E-state index >= 15 is 0 Å². The van der Waals surface area contributed by atoms with Gasteiger partial charge in [0.1, 0.15) is 0 Å². The zero-order valence-electron chi connectivity index (χ0n) is 12.9. The molecule has 1 N–H and O–H groups in total. The summed E-state index contributed by atoms with van der Waals surface area (Å²) < 4.78 is 2.00. The van der Waals surface area contributed by atoms with Gasteiger partial charge in [0.2, 0.25) is 0 Å². The van der Waals surface area contributed by atoms with Crippen LogP contribution < -0.4 is 0 Å². The summed E-state index contributed by atoms with van der Waals surface area (Å²) in [5, 5.41) is 16.0. The van der Waals surface area contributed by atoms with Gasteiger partial charge in [0, 0.05) is 17.6 Å². The molecule has 1 unspecified atom stereocenters. The van der Waals surface area contributed by atoms with Crippen molar-refractivity contribution in [2.75, 3.05) is 0 Å². The van der Waals surface area contributed by atoms with Crippen molar-refractivity contribution in [1.29, 1.82) is 0 Å². The molecular formula is C17H23ClN2O. The number of nitrogens with zero attached hydrogens (tertiary/aromatic N) is 2. The minimum Gasteiger partial charge on any atom is -0.385 e. The van der Waals surface area contributed by atoms with Gasteiger partial charge in [-0.15, -0.1) is 0 Å². The van der Waals surface area contributed by atoms with Gasteiger partial charge in [0.25, 0.3) is 0 Å². The third kappa shape index (κ3) is 3.86. The van der Waals surface area contributed by atoms with Crippen molar-refractivity contribution in [3.63, 3.8) is 0 Å². The molecule has 1 aromatic carbocycles. The van der Waals surface area contributed by atoms with Gasteiger partial charge >= 0.3 is 0 Å². The SMILES string of the molecule is CCC(CC)n1ccc(CC(C)(O)c2cccc(Cl)c2)n1. The monoisotopic (exact) mass is 306 g/mol. The topological polar surface area (TPSA) is 38.0 Å². The van der Waals surface area contributed by atoms with E-state index in [0.717, 1.165) is 24.1 Å². The maximum Gasteiger partial charge on any atom is 0.0924 e. The predicted octanol–water partition coefficient (Wildman–Crippen LogP) is 4.35. The molecule has 1 heterocycles. The van der Waals surface area contributed by atoms with E-state index in [-0.39, 0.29) is 0 Å². The van der Waals surface area contributed by atoms with Crippen molar-refractivity contribution in [3.8, 4) is 0 Å². The average molecular weight is 307 g/mol. The van der Waals surface area contributed by atoms with Gasteiger partial charge in [-0.2, -0.15) is 5.10 Å². The highest BCUT2D eigenvalue weighted by Crippen LogP contribution is 2.27. The van der Waals surface area contributed by atoms with E-state index in [1.54, 1.807) is 13.0 Å². The molecule has 0 saturated carbocycles. The fourth-order valence-electron chi connectivity index (χ4n) is 2.62. The first-order valence-electron chi connectivity index (χ1n) is 7.48. The number of aliphatic hydroxyl groups is 1. The molecule has 4 heteroatoms. The Morgan fingerprint density at radius 3 is 2.62 bits per heavy atom. The summed E-state index contributed by atoms with van der Waals surface area (Å²) in [5.74, 6) is 0. The molecule has 114 valence electrons. The molecule has 1 aromatic heterocycles. The average Bonchev–Trinajstić information content (AvgIpc) is 2.88. The Bertz CT molecular complexity index is 588. The first-order valence-corrected chi connectivity index (χ1v) is 7.86. The molecule has 0 radical (unpaired) electrons. The summed E-state index contributed by atoms with van der Waals surface area (Å²) in [7, 11) is 0. The van der Waals surface area contributed by atoms with E-state index in [1.165, 1.54) is 0 Å². The Balaban J connectivity index is 2.17. The third-order valence-electron chi connectivity index (χ3n) is 3.95. The fraction of sp³-hybridized carbons (Fsp3) is 0.471. The number of aromatic nitrogens is 2. The molecule has 0 aliphatic heterocycles. The van der Waals surface area contributed by atoms with Crippen LogP contribution in [0.4, 0.5) is 0 Å². The van der Waals surface area contributed by atoms with Gasteiger partial charge < -0.3 is 5.11 Å². The van der Waals surface area contributed by atoms with Crippen molar-refractivity contribution >= 4 is 11.6 Å². The minimum absolute atomic E-state index is 0.426. The number of benzene rings is 1. The first-order chi connectivity index (χ1) is 9.96. The zero-order chi connectivity index (χ0) is 15.5. The lowest BCUT2D eigenvalue weighted by atomic mass is 9.91. The van der Waals surface area contributed by atoms with Crippen molar-refractivity contribution in [1.82, 2.24) is 9.78 Å². The van der Waals surface area contributed by atoms with E-state index in [4.69, 9.17) is 11.6 Å². The van der Waals surface area contributed by atoms with Gasteiger partial charge in [-0.05, 0) is 43.5 Å². The van der Waals surface area contributed by atoms with Crippen LogP contribution in [0.5, 0.6) is 0 Å². The largest absolute Gasteiger partial charge is 0.385 e. The van der Waals surface area contributed by atoms with Gasteiger partial charge in [0.15, 0.2) is 0 Å². The molecule has 0 spiro atoms. The smallest absolute Gasteiger partial charge is 0.0924 e. The normalized spacial score (nSPS) is 14.4. The van der Waals surface area contributed by atoms with Crippen molar-refractivity contribution in [3.05, 3.63) is 52.8 Å². The highest BCUT2D eigenvalue weighted by Gasteiger charge is 2.25. The molecule has 0 aliphatic carbocycles. The molecule has 0 bridgehead atoms. The lowest BCUT2D eigenvalue weighted by Crippen LogP contribution is -2.24. The first kappa shape index (κ1) is 16.1. The van der Waals surface area contributed by atoms with Crippen LogP contribution in [0, 0.1) is 0 Å². The lowest BCUT2D eigenvalue weighted by molar-refractivity contribution is 0.0563. The molecule has 0 amide bonds. The van der Waals surface area contributed by atoms with Crippen LogP contribution in [-0.4, -0.2) is 14.9 Å². The molecule has 0 aliphatic rings. The Kier molecular flexibility index (Phi) is 5.07. The van der Waals surface area contributed by atoms with Crippen LogP contribution in [0.2, 0.25) is 5.02 Å². The summed E-state index contributed by atoms with van der Waals surface area (Å²) in [5.41, 5.74) is 0.733. The second kappa shape index (κ2) is 6.63. The summed E-state index contributed by atoms with van der Waals surface area (Å²) in [6, 6.07) is 9.77. The predicted molar refractivity (Wildman–Crippen MR) is 86.6 cm³/mol. The molecule has 1 atom stereocenters. The number of halogens is 1. The standard InChI is InChI=1S/C17H23ClN2O/c1-4-16(5-2)20-10-9-15(19-20)12-17(3,21)13-7-6-8-14(18)11-13/h6-11,16,21H,4-5,12H2,1-3H3. The van der Waals surface area contributed by atoms with Crippen LogP contribution in [-0.2, 0) is 12.0 Å². The van der Waals surface area contributed by atoms with Crippen LogP contribution in [0.25, 0.3) is 0 Å². The Morgan fingerprint density at radius 2 is 2.00 bits per heavy atom. The Hall–Kier alpha value is -1.32. The quantitative estimate of drug-likeness (QED) is 0.861. The summed E-state index contributed by atoms with van der Waals surface area (Å²) in [6.45, 7) is 6.13. The van der Waals surface area contributed by atoms with Crippen molar-refractivity contribution in [2.24, 2.45) is 0 Å². The summed E-state index contributed by atoms with van der Waals surface area (Å²) in [4.78, 5) is 0. The Labute approximate surface area is 131 Å². The third-order valence-corrected chi connectivity index (χ3v) is 4.19. The maximum atomic E-state index is 10.7. The van der Waals surface area contributed by atoms with Crippen LogP contribution in [0.1, 0.15) is 50.9 Å². The zero-order valence-corrected chi connectivity index (χ0v) is 13.6. The van der Waals surface area contributed by atoms with Crippen LogP contribution in [0.3, 0.4) is 0 Å². The number of hydrogen-bond acceptors (Lipinski definition) is 2.